The van der Waals surface area contributed by atoms with Gasteiger partial charge < -0.3 is 4.57 Å². The van der Waals surface area contributed by atoms with Crippen LogP contribution < -0.4 is 0 Å². The lowest BCUT2D eigenvalue weighted by molar-refractivity contribution is 0.112. The Bertz CT molecular complexity index is 584. The van der Waals surface area contributed by atoms with Crippen LogP contribution in [-0.2, 0) is 13.0 Å². The van der Waals surface area contributed by atoms with Crippen molar-refractivity contribution in [3.05, 3.63) is 34.5 Å². The number of fused-ring (bicyclic) bond motifs is 1. The molecule has 3 heteroatoms. The molecule has 0 radical (unpaired) electrons. The van der Waals surface area contributed by atoms with Crippen molar-refractivity contribution in [1.82, 2.24) is 4.57 Å². The van der Waals surface area contributed by atoms with Crippen LogP contribution in [0.2, 0.25) is 5.15 Å². The average Bonchev–Trinajstić information content (AvgIpc) is 2.61. The molecule has 0 saturated carbocycles. The summed E-state index contributed by atoms with van der Waals surface area (Å²) in [5.41, 5.74) is 2.96. The third-order valence-electron chi connectivity index (χ3n) is 3.19. The second-order valence-electron chi connectivity index (χ2n) is 4.99. The van der Waals surface area contributed by atoms with Crippen molar-refractivity contribution in [2.75, 3.05) is 0 Å². The van der Waals surface area contributed by atoms with E-state index in [9.17, 15) is 4.79 Å². The molecular formula is C15H18ClNO. The van der Waals surface area contributed by atoms with Crippen LogP contribution in [0.1, 0.15) is 36.7 Å². The van der Waals surface area contributed by atoms with Gasteiger partial charge in [0.05, 0.1) is 11.1 Å². The minimum absolute atomic E-state index is 0.488. The first-order valence-electron chi connectivity index (χ1n) is 6.34. The minimum Gasteiger partial charge on any atom is -0.331 e. The van der Waals surface area contributed by atoms with Crippen LogP contribution >= 0.6 is 11.6 Å². The zero-order valence-corrected chi connectivity index (χ0v) is 11.8. The van der Waals surface area contributed by atoms with E-state index in [0.717, 1.165) is 30.2 Å². The summed E-state index contributed by atoms with van der Waals surface area (Å²) in [6.45, 7) is 7.25. The van der Waals surface area contributed by atoms with Crippen LogP contribution in [0.4, 0.5) is 0 Å². The van der Waals surface area contributed by atoms with Crippen molar-refractivity contribution >= 4 is 28.8 Å². The predicted octanol–water partition coefficient (Wildman–Crippen LogP) is 4.33. The highest BCUT2D eigenvalue weighted by Crippen LogP contribution is 2.32. The van der Waals surface area contributed by atoms with Gasteiger partial charge >= 0.3 is 0 Å². The first-order valence-corrected chi connectivity index (χ1v) is 6.72. The highest BCUT2D eigenvalue weighted by atomic mass is 35.5. The van der Waals surface area contributed by atoms with Crippen molar-refractivity contribution in [2.45, 2.75) is 33.7 Å². The Labute approximate surface area is 113 Å². The monoisotopic (exact) mass is 263 g/mol. The Morgan fingerprint density at radius 2 is 2.11 bits per heavy atom. The molecule has 0 aliphatic heterocycles. The lowest BCUT2D eigenvalue weighted by atomic mass is 10.1. The van der Waals surface area contributed by atoms with Crippen molar-refractivity contribution in [3.8, 4) is 0 Å². The predicted molar refractivity (Wildman–Crippen MR) is 76.6 cm³/mol. The molecule has 0 fully saturated rings. The molecule has 0 aliphatic carbocycles. The standard InChI is InChI=1S/C15H18ClNO/c1-4-11-6-5-7-12-13(9-18)15(16)17(14(11)12)8-10(2)3/h5-7,9-10H,4,8H2,1-3H3. The molecule has 2 rings (SSSR count). The van der Waals surface area contributed by atoms with Gasteiger partial charge in [-0.3, -0.25) is 4.79 Å². The summed E-state index contributed by atoms with van der Waals surface area (Å²) < 4.78 is 2.07. The van der Waals surface area contributed by atoms with Crippen molar-refractivity contribution in [3.63, 3.8) is 0 Å². The molecule has 0 aliphatic rings. The molecule has 18 heavy (non-hydrogen) atoms. The van der Waals surface area contributed by atoms with E-state index >= 15 is 0 Å². The number of aryl methyl sites for hydroxylation is 1. The number of aromatic nitrogens is 1. The van der Waals surface area contributed by atoms with E-state index in [4.69, 9.17) is 11.6 Å². The highest BCUT2D eigenvalue weighted by Gasteiger charge is 2.17. The molecule has 0 amide bonds. The molecule has 2 aromatic rings. The lowest BCUT2D eigenvalue weighted by Gasteiger charge is -2.12. The van der Waals surface area contributed by atoms with Gasteiger partial charge in [-0.15, -0.1) is 0 Å². The molecule has 0 saturated heterocycles. The van der Waals surface area contributed by atoms with E-state index < -0.39 is 0 Å². The molecule has 0 atom stereocenters. The molecule has 1 heterocycles. The Hall–Kier alpha value is -1.28. The number of benzene rings is 1. The molecule has 0 unspecified atom stereocenters. The SMILES string of the molecule is CCc1cccc2c(C=O)c(Cl)n(CC(C)C)c12. The smallest absolute Gasteiger partial charge is 0.153 e. The summed E-state index contributed by atoms with van der Waals surface area (Å²) in [7, 11) is 0. The third kappa shape index (κ3) is 2.05. The van der Waals surface area contributed by atoms with Crippen LogP contribution in [0.3, 0.4) is 0 Å². The average molecular weight is 264 g/mol. The normalized spacial score (nSPS) is 11.4. The zero-order valence-electron chi connectivity index (χ0n) is 11.0. The van der Waals surface area contributed by atoms with Gasteiger partial charge in [0.2, 0.25) is 0 Å². The summed E-state index contributed by atoms with van der Waals surface area (Å²) in [5.74, 6) is 0.488. The number of aldehydes is 1. The first-order chi connectivity index (χ1) is 8.60. The van der Waals surface area contributed by atoms with Crippen molar-refractivity contribution in [1.29, 1.82) is 0 Å². The van der Waals surface area contributed by atoms with Gasteiger partial charge in [0, 0.05) is 11.9 Å². The number of nitrogens with zero attached hydrogens (tertiary/aromatic N) is 1. The minimum atomic E-state index is 0.488. The molecule has 0 spiro atoms. The van der Waals surface area contributed by atoms with Gasteiger partial charge in [-0.05, 0) is 17.9 Å². The molecule has 2 nitrogen and oxygen atoms in total. The zero-order chi connectivity index (χ0) is 13.3. The van der Waals surface area contributed by atoms with Crippen LogP contribution in [0, 0.1) is 5.92 Å². The second kappa shape index (κ2) is 5.15. The Morgan fingerprint density at radius 3 is 2.67 bits per heavy atom. The fourth-order valence-electron chi connectivity index (χ4n) is 2.42. The van der Waals surface area contributed by atoms with Gasteiger partial charge in [-0.2, -0.15) is 0 Å². The second-order valence-corrected chi connectivity index (χ2v) is 5.35. The van der Waals surface area contributed by atoms with E-state index in [0.29, 0.717) is 16.6 Å². The van der Waals surface area contributed by atoms with Crippen LogP contribution in [0.5, 0.6) is 0 Å². The lowest BCUT2D eigenvalue weighted by Crippen LogP contribution is -2.05. The van der Waals surface area contributed by atoms with Crippen LogP contribution in [0.15, 0.2) is 18.2 Å². The molecule has 0 N–H and O–H groups in total. The fraction of sp³-hybridized carbons (Fsp3) is 0.400. The van der Waals surface area contributed by atoms with Gasteiger partial charge in [-0.25, -0.2) is 0 Å². The summed E-state index contributed by atoms with van der Waals surface area (Å²) in [4.78, 5) is 11.2. The van der Waals surface area contributed by atoms with Gasteiger partial charge in [0.1, 0.15) is 5.15 Å². The maximum atomic E-state index is 11.2. The summed E-state index contributed by atoms with van der Waals surface area (Å²) >= 11 is 6.36. The van der Waals surface area contributed by atoms with Crippen LogP contribution in [-0.4, -0.2) is 10.9 Å². The van der Waals surface area contributed by atoms with E-state index in [1.807, 2.05) is 12.1 Å². The van der Waals surface area contributed by atoms with Crippen molar-refractivity contribution in [2.24, 2.45) is 5.92 Å². The molecule has 1 aromatic carbocycles. The largest absolute Gasteiger partial charge is 0.331 e. The molecule has 96 valence electrons. The number of hydrogen-bond acceptors (Lipinski definition) is 1. The first kappa shape index (κ1) is 13.2. The van der Waals surface area contributed by atoms with Gasteiger partial charge in [0.25, 0.3) is 0 Å². The number of halogens is 1. The highest BCUT2D eigenvalue weighted by molar-refractivity contribution is 6.34. The van der Waals surface area contributed by atoms with E-state index in [1.165, 1.54) is 5.56 Å². The number of carbonyl (C=O) groups is 1. The third-order valence-corrected chi connectivity index (χ3v) is 3.59. The van der Waals surface area contributed by atoms with E-state index in [2.05, 4.69) is 31.4 Å². The Kier molecular flexibility index (Phi) is 3.76. The maximum Gasteiger partial charge on any atom is 0.153 e. The fourth-order valence-corrected chi connectivity index (χ4v) is 2.72. The number of rotatable bonds is 4. The van der Waals surface area contributed by atoms with Crippen molar-refractivity contribution < 1.29 is 4.79 Å². The van der Waals surface area contributed by atoms with E-state index in [1.54, 1.807) is 0 Å². The molecule has 0 bridgehead atoms. The van der Waals surface area contributed by atoms with Crippen LogP contribution in [0.25, 0.3) is 10.9 Å². The quantitative estimate of drug-likeness (QED) is 0.753. The Morgan fingerprint density at radius 1 is 1.39 bits per heavy atom. The summed E-state index contributed by atoms with van der Waals surface area (Å²) in [6.07, 6.45) is 1.80. The molecular weight excluding hydrogens is 246 g/mol. The summed E-state index contributed by atoms with van der Waals surface area (Å²) in [6, 6.07) is 6.06. The number of carbonyl (C=O) groups excluding carboxylic acids is 1. The van der Waals surface area contributed by atoms with Gasteiger partial charge in [-0.1, -0.05) is 50.6 Å². The molecule has 1 aromatic heterocycles. The number of hydrogen-bond donors (Lipinski definition) is 0. The van der Waals surface area contributed by atoms with Gasteiger partial charge in [0.15, 0.2) is 6.29 Å². The number of para-hydroxylation sites is 1. The van der Waals surface area contributed by atoms with E-state index in [-0.39, 0.29) is 0 Å². The summed E-state index contributed by atoms with van der Waals surface area (Å²) in [5, 5.41) is 1.53. The topological polar surface area (TPSA) is 22.0 Å². The Balaban J connectivity index is 2.81. The maximum absolute atomic E-state index is 11.2.